The van der Waals surface area contributed by atoms with E-state index in [-0.39, 0.29) is 11.8 Å². The van der Waals surface area contributed by atoms with Gasteiger partial charge in [-0.05, 0) is 6.42 Å². The van der Waals surface area contributed by atoms with Crippen molar-refractivity contribution in [2.75, 3.05) is 23.8 Å². The smallest absolute Gasteiger partial charge is 0.239 e. The third-order valence-electron chi connectivity index (χ3n) is 4.61. The Morgan fingerprint density at radius 1 is 0.931 bits per heavy atom. The molecule has 0 aliphatic carbocycles. The van der Waals surface area contributed by atoms with Crippen molar-refractivity contribution in [3.05, 3.63) is 60.7 Å². The van der Waals surface area contributed by atoms with Gasteiger partial charge in [0.05, 0.1) is 22.9 Å². The summed E-state index contributed by atoms with van der Waals surface area (Å²) in [5.41, 5.74) is 4.08. The quantitative estimate of drug-likeness (QED) is 0.348. The average Bonchev–Trinajstić information content (AvgIpc) is 3.18. The first-order chi connectivity index (χ1) is 14.2. The first-order valence-corrected chi connectivity index (χ1v) is 11.6. The summed E-state index contributed by atoms with van der Waals surface area (Å²) in [6.45, 7) is 0.475. The zero-order chi connectivity index (χ0) is 20.1. The van der Waals surface area contributed by atoms with E-state index in [1.54, 1.807) is 11.8 Å². The van der Waals surface area contributed by atoms with Crippen molar-refractivity contribution >= 4 is 35.3 Å². The maximum absolute atomic E-state index is 11.9. The minimum absolute atomic E-state index is 0.0769. The first kappa shape index (κ1) is 19.8. The van der Waals surface area contributed by atoms with Crippen LogP contribution in [0.5, 0.6) is 0 Å². The molecule has 7 heteroatoms. The van der Waals surface area contributed by atoms with Crippen LogP contribution >= 0.6 is 23.5 Å². The van der Waals surface area contributed by atoms with Crippen molar-refractivity contribution in [3.63, 3.8) is 0 Å². The molecule has 29 heavy (non-hydrogen) atoms. The number of carbonyl (C=O) groups excluding carboxylic acids is 2. The molecule has 0 saturated carbocycles. The van der Waals surface area contributed by atoms with Crippen LogP contribution < -0.4 is 0 Å². The summed E-state index contributed by atoms with van der Waals surface area (Å²) in [5, 5.41) is 0.842. The summed E-state index contributed by atoms with van der Waals surface area (Å²) in [6.07, 6.45) is 0.745. The topological polar surface area (TPSA) is 66.1 Å². The fourth-order valence-corrected chi connectivity index (χ4v) is 4.76. The van der Waals surface area contributed by atoms with Crippen LogP contribution in [0.25, 0.3) is 22.5 Å². The molecule has 1 fully saturated rings. The molecule has 0 bridgehead atoms. The maximum atomic E-state index is 11.9. The first-order valence-electron chi connectivity index (χ1n) is 9.47. The highest BCUT2D eigenvalue weighted by Gasteiger charge is 2.25. The molecule has 5 nitrogen and oxygen atoms in total. The van der Waals surface area contributed by atoms with E-state index in [0.717, 1.165) is 39.8 Å². The third-order valence-corrected chi connectivity index (χ3v) is 6.47. The minimum Gasteiger partial charge on any atom is -0.332 e. The van der Waals surface area contributed by atoms with Crippen molar-refractivity contribution in [1.82, 2.24) is 14.9 Å². The number of carbonyl (C=O) groups is 2. The van der Waals surface area contributed by atoms with Crippen molar-refractivity contribution in [2.45, 2.75) is 11.6 Å². The van der Waals surface area contributed by atoms with Crippen LogP contribution in [-0.2, 0) is 9.59 Å². The number of aromatic nitrogens is 2. The second-order valence-corrected chi connectivity index (χ2v) is 8.70. The van der Waals surface area contributed by atoms with Crippen molar-refractivity contribution in [3.8, 4) is 22.5 Å². The monoisotopic (exact) mass is 423 g/mol. The van der Waals surface area contributed by atoms with E-state index in [0.29, 0.717) is 18.1 Å². The van der Waals surface area contributed by atoms with Gasteiger partial charge in [0, 0.05) is 23.4 Å². The summed E-state index contributed by atoms with van der Waals surface area (Å²) in [7, 11) is 0. The number of hydrogen-bond acceptors (Lipinski definition) is 5. The van der Waals surface area contributed by atoms with E-state index in [4.69, 9.17) is 4.98 Å². The molecule has 2 amide bonds. The van der Waals surface area contributed by atoms with Crippen LogP contribution in [0, 0.1) is 0 Å². The SMILES string of the molecule is O=C1CSCC(=O)N1CCCSc1nc(-c2ccccc2)c(-c2ccccc2)[nH]1. The Kier molecular flexibility index (Phi) is 6.36. The normalized spacial score (nSPS) is 14.4. The molecule has 148 valence electrons. The lowest BCUT2D eigenvalue weighted by Crippen LogP contribution is -2.43. The molecule has 3 aromatic rings. The average molecular weight is 424 g/mol. The van der Waals surface area contributed by atoms with E-state index in [2.05, 4.69) is 29.2 Å². The Hall–Kier alpha value is -2.51. The van der Waals surface area contributed by atoms with Gasteiger partial charge in [0.1, 0.15) is 0 Å². The summed E-state index contributed by atoms with van der Waals surface area (Å²) in [4.78, 5) is 33.5. The van der Waals surface area contributed by atoms with Gasteiger partial charge in [-0.2, -0.15) is 0 Å². The van der Waals surface area contributed by atoms with Gasteiger partial charge in [-0.3, -0.25) is 14.5 Å². The van der Waals surface area contributed by atoms with Gasteiger partial charge in [-0.25, -0.2) is 4.98 Å². The molecular formula is C22H21N3O2S2. The highest BCUT2D eigenvalue weighted by molar-refractivity contribution is 8.00. The van der Waals surface area contributed by atoms with Crippen LogP contribution in [0.3, 0.4) is 0 Å². The van der Waals surface area contributed by atoms with Gasteiger partial charge in [0.25, 0.3) is 0 Å². The highest BCUT2D eigenvalue weighted by atomic mass is 32.2. The number of amides is 2. The molecule has 1 aliphatic rings. The van der Waals surface area contributed by atoms with Gasteiger partial charge < -0.3 is 4.98 Å². The number of aromatic amines is 1. The Balaban J connectivity index is 1.46. The summed E-state index contributed by atoms with van der Waals surface area (Å²) < 4.78 is 0. The van der Waals surface area contributed by atoms with Crippen LogP contribution in [-0.4, -0.2) is 50.5 Å². The van der Waals surface area contributed by atoms with Gasteiger partial charge >= 0.3 is 0 Å². The molecule has 1 saturated heterocycles. The number of nitrogens with zero attached hydrogens (tertiary/aromatic N) is 2. The Labute approximate surface area is 178 Å². The van der Waals surface area contributed by atoms with E-state index >= 15 is 0 Å². The van der Waals surface area contributed by atoms with Gasteiger partial charge in [0.2, 0.25) is 11.8 Å². The zero-order valence-electron chi connectivity index (χ0n) is 15.8. The number of thioether (sulfide) groups is 2. The lowest BCUT2D eigenvalue weighted by atomic mass is 10.1. The number of imidazole rings is 1. The molecule has 0 radical (unpaired) electrons. The number of benzene rings is 2. The summed E-state index contributed by atoms with van der Waals surface area (Å²) in [6, 6.07) is 20.3. The number of rotatable bonds is 7. The highest BCUT2D eigenvalue weighted by Crippen LogP contribution is 2.32. The maximum Gasteiger partial charge on any atom is 0.239 e. The predicted molar refractivity (Wildman–Crippen MR) is 119 cm³/mol. The van der Waals surface area contributed by atoms with Crippen molar-refractivity contribution in [2.24, 2.45) is 0 Å². The lowest BCUT2D eigenvalue weighted by Gasteiger charge is -2.24. The van der Waals surface area contributed by atoms with E-state index in [1.807, 2.05) is 36.4 Å². The molecule has 0 atom stereocenters. The second-order valence-electron chi connectivity index (χ2n) is 6.63. The number of H-pyrrole nitrogens is 1. The van der Waals surface area contributed by atoms with Crippen LogP contribution in [0.1, 0.15) is 6.42 Å². The standard InChI is InChI=1S/C22H21N3O2S2/c26-18-14-28-15-19(27)25(18)12-7-13-29-22-23-20(16-8-3-1-4-9-16)21(24-22)17-10-5-2-6-11-17/h1-6,8-11H,7,12-15H2,(H,23,24). The van der Waals surface area contributed by atoms with Crippen molar-refractivity contribution in [1.29, 1.82) is 0 Å². The molecule has 0 spiro atoms. The van der Waals surface area contributed by atoms with E-state index in [1.165, 1.54) is 16.7 Å². The minimum atomic E-state index is -0.0769. The summed E-state index contributed by atoms with van der Waals surface area (Å²) in [5.74, 6) is 1.43. The molecule has 1 aliphatic heterocycles. The van der Waals surface area contributed by atoms with E-state index < -0.39 is 0 Å². The Bertz CT molecular complexity index is 917. The molecule has 2 aromatic carbocycles. The van der Waals surface area contributed by atoms with Gasteiger partial charge in [0.15, 0.2) is 5.16 Å². The van der Waals surface area contributed by atoms with Gasteiger partial charge in [-0.15, -0.1) is 11.8 Å². The second kappa shape index (κ2) is 9.33. The van der Waals surface area contributed by atoms with Crippen LogP contribution in [0.2, 0.25) is 0 Å². The zero-order valence-corrected chi connectivity index (χ0v) is 17.5. The molecule has 1 N–H and O–H groups in total. The Morgan fingerprint density at radius 3 is 2.21 bits per heavy atom. The van der Waals surface area contributed by atoms with Crippen molar-refractivity contribution < 1.29 is 9.59 Å². The molecule has 4 rings (SSSR count). The van der Waals surface area contributed by atoms with Crippen LogP contribution in [0.15, 0.2) is 65.8 Å². The largest absolute Gasteiger partial charge is 0.332 e. The fourth-order valence-electron chi connectivity index (χ4n) is 3.20. The predicted octanol–water partition coefficient (Wildman–Crippen LogP) is 4.33. The number of imide groups is 1. The Morgan fingerprint density at radius 2 is 1.55 bits per heavy atom. The van der Waals surface area contributed by atoms with E-state index in [9.17, 15) is 9.59 Å². The molecule has 0 unspecified atom stereocenters. The number of hydrogen-bond donors (Lipinski definition) is 1. The third kappa shape index (κ3) is 4.74. The summed E-state index contributed by atoms with van der Waals surface area (Å²) >= 11 is 3.00. The van der Waals surface area contributed by atoms with Gasteiger partial charge in [-0.1, -0.05) is 72.4 Å². The van der Waals surface area contributed by atoms with Crippen LogP contribution in [0.4, 0.5) is 0 Å². The molecular weight excluding hydrogens is 402 g/mol. The molecule has 1 aromatic heterocycles. The number of nitrogens with one attached hydrogen (secondary N) is 1. The molecule has 2 heterocycles. The fraction of sp³-hybridized carbons (Fsp3) is 0.227. The lowest BCUT2D eigenvalue weighted by molar-refractivity contribution is -0.142.